The highest BCUT2D eigenvalue weighted by molar-refractivity contribution is 5.79. The van der Waals surface area contributed by atoms with Crippen LogP contribution in [0.2, 0.25) is 0 Å². The fourth-order valence-corrected chi connectivity index (χ4v) is 3.30. The smallest absolute Gasteiger partial charge is 0.224 e. The molecule has 1 aliphatic carbocycles. The van der Waals surface area contributed by atoms with Gasteiger partial charge in [-0.25, -0.2) is 0 Å². The van der Waals surface area contributed by atoms with E-state index in [2.05, 4.69) is 10.4 Å². The molecule has 1 aromatic carbocycles. The van der Waals surface area contributed by atoms with Gasteiger partial charge in [0.25, 0.3) is 0 Å². The molecule has 0 bridgehead atoms. The van der Waals surface area contributed by atoms with Gasteiger partial charge in [-0.15, -0.1) is 0 Å². The second kappa shape index (κ2) is 7.27. The molecule has 0 saturated heterocycles. The average Bonchev–Trinajstić information content (AvgIpc) is 2.97. The number of nitrogens with one attached hydrogen (secondary N) is 1. The average molecular weight is 342 g/mol. The number of aliphatic hydroxyl groups excluding tert-OH is 1. The van der Waals surface area contributed by atoms with Crippen molar-refractivity contribution in [3.63, 3.8) is 0 Å². The number of aromatic nitrogens is 2. The van der Waals surface area contributed by atoms with E-state index in [1.807, 2.05) is 56.5 Å². The van der Waals surface area contributed by atoms with Crippen molar-refractivity contribution in [1.29, 1.82) is 0 Å². The van der Waals surface area contributed by atoms with Gasteiger partial charge >= 0.3 is 0 Å². The van der Waals surface area contributed by atoms with Gasteiger partial charge < -0.3 is 15.3 Å². The number of rotatable bonds is 6. The van der Waals surface area contributed by atoms with Gasteiger partial charge in [0.2, 0.25) is 5.91 Å². The Morgan fingerprint density at radius 1 is 1.36 bits per heavy atom. The Bertz CT molecular complexity index is 717. The van der Waals surface area contributed by atoms with Gasteiger partial charge in [-0.1, -0.05) is 12.1 Å². The minimum atomic E-state index is -0.250. The minimum absolute atomic E-state index is 0.00662. The Kier molecular flexibility index (Phi) is 5.08. The van der Waals surface area contributed by atoms with Gasteiger partial charge in [0.1, 0.15) is 0 Å². The maximum atomic E-state index is 12.5. The molecular weight excluding hydrogens is 316 g/mol. The number of nitrogens with zero attached hydrogens (tertiary/aromatic N) is 3. The summed E-state index contributed by atoms with van der Waals surface area (Å²) in [6.07, 6.45) is 5.26. The molecule has 0 radical (unpaired) electrons. The lowest BCUT2D eigenvalue weighted by molar-refractivity contribution is -0.122. The van der Waals surface area contributed by atoms with Crippen molar-refractivity contribution in [2.24, 2.45) is 13.0 Å². The molecule has 1 heterocycles. The predicted octanol–water partition coefficient (Wildman–Crippen LogP) is 1.66. The Hall–Kier alpha value is -2.34. The van der Waals surface area contributed by atoms with Crippen LogP contribution in [-0.2, 0) is 18.3 Å². The molecule has 1 aromatic heterocycles. The van der Waals surface area contributed by atoms with Crippen molar-refractivity contribution >= 4 is 11.6 Å². The molecule has 0 aliphatic heterocycles. The van der Waals surface area contributed by atoms with E-state index in [9.17, 15) is 9.90 Å². The van der Waals surface area contributed by atoms with E-state index in [4.69, 9.17) is 0 Å². The molecule has 25 heavy (non-hydrogen) atoms. The highest BCUT2D eigenvalue weighted by Gasteiger charge is 2.36. The molecule has 0 spiro atoms. The molecule has 1 unspecified atom stereocenters. The third kappa shape index (κ3) is 4.20. The largest absolute Gasteiger partial charge is 0.393 e. The summed E-state index contributed by atoms with van der Waals surface area (Å²) in [6.45, 7) is 0. The van der Waals surface area contributed by atoms with E-state index in [1.54, 1.807) is 10.9 Å². The third-order valence-corrected chi connectivity index (χ3v) is 4.84. The summed E-state index contributed by atoms with van der Waals surface area (Å²) >= 11 is 0. The monoisotopic (exact) mass is 342 g/mol. The summed E-state index contributed by atoms with van der Waals surface area (Å²) in [5, 5.41) is 17.0. The van der Waals surface area contributed by atoms with Crippen LogP contribution in [0.1, 0.15) is 30.0 Å². The van der Waals surface area contributed by atoms with Crippen molar-refractivity contribution < 1.29 is 9.90 Å². The summed E-state index contributed by atoms with van der Waals surface area (Å²) in [5.41, 5.74) is 3.10. The zero-order valence-electron chi connectivity index (χ0n) is 15.0. The quantitative estimate of drug-likeness (QED) is 0.838. The summed E-state index contributed by atoms with van der Waals surface area (Å²) in [4.78, 5) is 14.6. The Morgan fingerprint density at radius 2 is 2.04 bits per heavy atom. The van der Waals surface area contributed by atoms with Crippen LogP contribution in [0.25, 0.3) is 0 Å². The van der Waals surface area contributed by atoms with Gasteiger partial charge in [-0.05, 0) is 36.5 Å². The zero-order valence-corrected chi connectivity index (χ0v) is 15.0. The molecule has 1 saturated carbocycles. The third-order valence-electron chi connectivity index (χ3n) is 4.84. The number of anilines is 1. The van der Waals surface area contributed by atoms with Crippen LogP contribution in [0, 0.1) is 5.92 Å². The molecule has 6 nitrogen and oxygen atoms in total. The number of hydrogen-bond donors (Lipinski definition) is 2. The molecule has 1 fully saturated rings. The van der Waals surface area contributed by atoms with Gasteiger partial charge in [-0.3, -0.25) is 9.48 Å². The van der Waals surface area contributed by atoms with Crippen molar-refractivity contribution in [2.45, 2.75) is 31.4 Å². The maximum Gasteiger partial charge on any atom is 0.224 e. The van der Waals surface area contributed by atoms with E-state index in [-0.39, 0.29) is 24.0 Å². The van der Waals surface area contributed by atoms with Crippen LogP contribution >= 0.6 is 0 Å². The summed E-state index contributed by atoms with van der Waals surface area (Å²) in [5.74, 6) is 0.257. The number of hydrogen-bond acceptors (Lipinski definition) is 4. The Labute approximate surface area is 148 Å². The van der Waals surface area contributed by atoms with Crippen molar-refractivity contribution in [3.05, 3.63) is 47.8 Å². The van der Waals surface area contributed by atoms with Crippen molar-refractivity contribution in [1.82, 2.24) is 15.1 Å². The van der Waals surface area contributed by atoms with Gasteiger partial charge in [0.15, 0.2) is 0 Å². The van der Waals surface area contributed by atoms with E-state index in [1.165, 1.54) is 0 Å². The molecule has 2 aromatic rings. The second-order valence-corrected chi connectivity index (χ2v) is 7.12. The molecule has 1 amide bonds. The normalized spacial score (nSPS) is 20.6. The van der Waals surface area contributed by atoms with Crippen LogP contribution in [0.4, 0.5) is 5.69 Å². The van der Waals surface area contributed by atoms with Gasteiger partial charge in [-0.2, -0.15) is 5.10 Å². The van der Waals surface area contributed by atoms with E-state index in [0.29, 0.717) is 6.42 Å². The summed E-state index contributed by atoms with van der Waals surface area (Å²) in [6, 6.07) is 7.92. The molecule has 6 heteroatoms. The van der Waals surface area contributed by atoms with Gasteiger partial charge in [0, 0.05) is 38.6 Å². The maximum absolute atomic E-state index is 12.5. The lowest BCUT2D eigenvalue weighted by atomic mass is 9.75. The standard InChI is InChI=1S/C19H26N4O2/c1-22(2)16-6-4-13(5-7-16)8-18(25)21-19(14-9-17(24)10-14)15-11-20-23(3)12-15/h4-7,11-12,14,17,19,24H,8-10H2,1-3H3,(H,21,25). The molecule has 2 N–H and O–H groups in total. The SMILES string of the molecule is CN(C)c1ccc(CC(=O)NC(c2cnn(C)c2)C2CC(O)C2)cc1. The molecule has 1 atom stereocenters. The van der Waals surface area contributed by atoms with Crippen LogP contribution in [0.5, 0.6) is 0 Å². The molecule has 134 valence electrons. The number of carbonyl (C=O) groups is 1. The number of amides is 1. The highest BCUT2D eigenvalue weighted by atomic mass is 16.3. The minimum Gasteiger partial charge on any atom is -0.393 e. The summed E-state index contributed by atoms with van der Waals surface area (Å²) < 4.78 is 1.74. The lowest BCUT2D eigenvalue weighted by Crippen LogP contribution is -2.41. The first kappa shape index (κ1) is 17.5. The zero-order chi connectivity index (χ0) is 18.0. The Morgan fingerprint density at radius 3 is 2.56 bits per heavy atom. The van der Waals surface area contributed by atoms with E-state index < -0.39 is 0 Å². The number of aryl methyl sites for hydroxylation is 1. The fraction of sp³-hybridized carbons (Fsp3) is 0.474. The number of benzene rings is 1. The predicted molar refractivity (Wildman–Crippen MR) is 97.3 cm³/mol. The topological polar surface area (TPSA) is 70.4 Å². The fourth-order valence-electron chi connectivity index (χ4n) is 3.30. The van der Waals surface area contributed by atoms with Crippen LogP contribution < -0.4 is 10.2 Å². The number of aliphatic hydroxyl groups is 1. The van der Waals surface area contributed by atoms with Crippen LogP contribution in [0.3, 0.4) is 0 Å². The lowest BCUT2D eigenvalue weighted by Gasteiger charge is -2.37. The second-order valence-electron chi connectivity index (χ2n) is 7.12. The first-order valence-corrected chi connectivity index (χ1v) is 8.64. The summed E-state index contributed by atoms with van der Waals surface area (Å²) in [7, 11) is 5.85. The van der Waals surface area contributed by atoms with Crippen molar-refractivity contribution in [3.8, 4) is 0 Å². The van der Waals surface area contributed by atoms with E-state index in [0.717, 1.165) is 29.7 Å². The molecule has 3 rings (SSSR count). The van der Waals surface area contributed by atoms with Crippen molar-refractivity contribution in [2.75, 3.05) is 19.0 Å². The van der Waals surface area contributed by atoms with Crippen LogP contribution in [0.15, 0.2) is 36.7 Å². The van der Waals surface area contributed by atoms with E-state index >= 15 is 0 Å². The van der Waals surface area contributed by atoms with Crippen LogP contribution in [-0.4, -0.2) is 41.0 Å². The first-order chi connectivity index (χ1) is 11.9. The first-order valence-electron chi connectivity index (χ1n) is 8.64. The van der Waals surface area contributed by atoms with Gasteiger partial charge in [0.05, 0.1) is 24.8 Å². The number of carbonyl (C=O) groups excluding carboxylic acids is 1. The molecular formula is C19H26N4O2. The Balaban J connectivity index is 1.65. The molecule has 1 aliphatic rings. The highest BCUT2D eigenvalue weighted by Crippen LogP contribution is 2.38.